The molecule has 0 aromatic carbocycles. The molecule has 1 atom stereocenters. The summed E-state index contributed by atoms with van der Waals surface area (Å²) >= 11 is 0. The Balaban J connectivity index is 3.83. The Morgan fingerprint density at radius 3 is 2.69 bits per heavy atom. The number of nitrogens with one attached hydrogen (secondary N) is 1. The zero-order valence-corrected chi connectivity index (χ0v) is 10.2. The van der Waals surface area contributed by atoms with E-state index < -0.39 is 0 Å². The highest BCUT2D eigenvalue weighted by Crippen LogP contribution is 2.12. The van der Waals surface area contributed by atoms with E-state index in [1.165, 1.54) is 0 Å². The second-order valence-electron chi connectivity index (χ2n) is 3.88. The van der Waals surface area contributed by atoms with Gasteiger partial charge in [0, 0.05) is 18.9 Å². The van der Waals surface area contributed by atoms with Crippen molar-refractivity contribution < 1.29 is 10.0 Å². The molecule has 0 aliphatic carbocycles. The Hall–Kier alpha value is -1.26. The van der Waals surface area contributed by atoms with Gasteiger partial charge < -0.3 is 16.3 Å². The molecule has 0 aliphatic rings. The molecule has 5 nitrogen and oxygen atoms in total. The number of hydrogen-bond acceptors (Lipinski definition) is 3. The highest BCUT2D eigenvalue weighted by atomic mass is 16.4. The van der Waals surface area contributed by atoms with Gasteiger partial charge >= 0.3 is 0 Å². The average Bonchev–Trinajstić information content (AvgIpc) is 2.29. The monoisotopic (exact) mass is 229 g/mol. The number of unbranched alkanes of at least 4 members (excludes halogenated alkanes) is 1. The van der Waals surface area contributed by atoms with Gasteiger partial charge in [-0.25, -0.2) is 0 Å². The van der Waals surface area contributed by atoms with Gasteiger partial charge in [-0.05, 0) is 12.8 Å². The maximum absolute atomic E-state index is 11.7. The minimum atomic E-state index is 0.0710. The molecule has 0 aromatic heterocycles. The van der Waals surface area contributed by atoms with Gasteiger partial charge in [-0.1, -0.05) is 31.8 Å². The zero-order valence-electron chi connectivity index (χ0n) is 10.2. The van der Waals surface area contributed by atoms with Gasteiger partial charge in [0.15, 0.2) is 0 Å². The van der Waals surface area contributed by atoms with Gasteiger partial charge in [-0.2, -0.15) is 0 Å². The molecule has 0 spiro atoms. The van der Waals surface area contributed by atoms with Crippen LogP contribution in [0.4, 0.5) is 0 Å². The van der Waals surface area contributed by atoms with Crippen LogP contribution in [0.3, 0.4) is 0 Å². The fourth-order valence-corrected chi connectivity index (χ4v) is 1.48. The van der Waals surface area contributed by atoms with Crippen molar-refractivity contribution >= 4 is 11.7 Å². The Morgan fingerprint density at radius 1 is 1.50 bits per heavy atom. The number of oxime groups is 1. The number of nitrogens with two attached hydrogens (primary N) is 1. The normalized spacial score (nSPS) is 13.5. The molecule has 0 rings (SSSR count). The van der Waals surface area contributed by atoms with Crippen LogP contribution in [0.5, 0.6) is 0 Å². The zero-order chi connectivity index (χ0) is 12.4. The third kappa shape index (κ3) is 6.27. The third-order valence-corrected chi connectivity index (χ3v) is 2.58. The van der Waals surface area contributed by atoms with E-state index in [0.29, 0.717) is 13.0 Å². The first-order valence-corrected chi connectivity index (χ1v) is 5.89. The quantitative estimate of drug-likeness (QED) is 0.255. The van der Waals surface area contributed by atoms with Gasteiger partial charge in [0.05, 0.1) is 0 Å². The third-order valence-electron chi connectivity index (χ3n) is 2.58. The minimum absolute atomic E-state index is 0.0710. The average molecular weight is 229 g/mol. The first kappa shape index (κ1) is 14.7. The predicted octanol–water partition coefficient (Wildman–Crippen LogP) is 1.46. The van der Waals surface area contributed by atoms with Crippen molar-refractivity contribution in [2.45, 2.75) is 46.0 Å². The molecule has 0 radical (unpaired) electrons. The largest absolute Gasteiger partial charge is 0.409 e. The van der Waals surface area contributed by atoms with Gasteiger partial charge in [0.25, 0.3) is 0 Å². The van der Waals surface area contributed by atoms with Crippen molar-refractivity contribution in [1.82, 2.24) is 5.32 Å². The number of nitrogens with zero attached hydrogens (tertiary/aromatic N) is 1. The molecule has 0 saturated heterocycles. The van der Waals surface area contributed by atoms with Crippen molar-refractivity contribution in [2.75, 3.05) is 6.54 Å². The summed E-state index contributed by atoms with van der Waals surface area (Å²) in [7, 11) is 0. The van der Waals surface area contributed by atoms with E-state index in [0.717, 1.165) is 25.7 Å². The van der Waals surface area contributed by atoms with E-state index in [1.807, 2.05) is 6.92 Å². The van der Waals surface area contributed by atoms with Crippen molar-refractivity contribution in [3.05, 3.63) is 0 Å². The van der Waals surface area contributed by atoms with Crippen molar-refractivity contribution in [3.63, 3.8) is 0 Å². The van der Waals surface area contributed by atoms with E-state index >= 15 is 0 Å². The number of hydrogen-bond donors (Lipinski definition) is 3. The van der Waals surface area contributed by atoms with E-state index in [2.05, 4.69) is 17.4 Å². The van der Waals surface area contributed by atoms with Gasteiger partial charge in [0.2, 0.25) is 5.91 Å². The van der Waals surface area contributed by atoms with Gasteiger partial charge in [0.1, 0.15) is 5.84 Å². The number of carbonyl (C=O) groups is 1. The van der Waals surface area contributed by atoms with Crippen molar-refractivity contribution in [2.24, 2.45) is 16.8 Å². The van der Waals surface area contributed by atoms with Gasteiger partial charge in [-0.15, -0.1) is 0 Å². The summed E-state index contributed by atoms with van der Waals surface area (Å²) in [4.78, 5) is 11.7. The molecule has 0 fully saturated rings. The predicted molar refractivity (Wildman–Crippen MR) is 64.3 cm³/mol. The molecular weight excluding hydrogens is 206 g/mol. The number of amidine groups is 1. The lowest BCUT2D eigenvalue weighted by atomic mass is 9.98. The summed E-state index contributed by atoms with van der Waals surface area (Å²) < 4.78 is 0. The SMILES string of the molecule is CCCCC(CC)C(=O)NCCC(N)=NO. The molecule has 16 heavy (non-hydrogen) atoms. The standard InChI is InChI=1S/C11H23N3O2/c1-3-5-6-9(4-2)11(15)13-8-7-10(12)14-16/h9,16H,3-8H2,1-2H3,(H2,12,14)(H,13,15). The number of carbonyl (C=O) groups excluding carboxylic acids is 1. The lowest BCUT2D eigenvalue weighted by Gasteiger charge is -2.14. The van der Waals surface area contributed by atoms with Crippen LogP contribution in [0.2, 0.25) is 0 Å². The molecule has 0 saturated carbocycles. The molecule has 94 valence electrons. The molecule has 5 heteroatoms. The fourth-order valence-electron chi connectivity index (χ4n) is 1.48. The van der Waals surface area contributed by atoms with E-state index in [4.69, 9.17) is 10.9 Å². The second-order valence-corrected chi connectivity index (χ2v) is 3.88. The lowest BCUT2D eigenvalue weighted by Crippen LogP contribution is -2.33. The summed E-state index contributed by atoms with van der Waals surface area (Å²) in [6.45, 7) is 4.56. The fraction of sp³-hybridized carbons (Fsp3) is 0.818. The van der Waals surface area contributed by atoms with E-state index in [9.17, 15) is 4.79 Å². The smallest absolute Gasteiger partial charge is 0.223 e. The van der Waals surface area contributed by atoms with Crippen LogP contribution in [-0.4, -0.2) is 23.5 Å². The molecule has 0 aromatic rings. The summed E-state index contributed by atoms with van der Waals surface area (Å²) in [6, 6.07) is 0. The Kier molecular flexibility index (Phi) is 8.29. The molecule has 4 N–H and O–H groups in total. The Bertz CT molecular complexity index is 229. The topological polar surface area (TPSA) is 87.7 Å². The van der Waals surface area contributed by atoms with Crippen LogP contribution in [0.25, 0.3) is 0 Å². The van der Waals surface area contributed by atoms with Crippen LogP contribution >= 0.6 is 0 Å². The summed E-state index contributed by atoms with van der Waals surface area (Å²) in [5.74, 6) is 0.302. The van der Waals surface area contributed by atoms with Crippen LogP contribution < -0.4 is 11.1 Å². The lowest BCUT2D eigenvalue weighted by molar-refractivity contribution is -0.125. The highest BCUT2D eigenvalue weighted by molar-refractivity contribution is 5.82. The molecule has 0 heterocycles. The molecule has 0 aliphatic heterocycles. The first-order valence-electron chi connectivity index (χ1n) is 5.89. The van der Waals surface area contributed by atoms with E-state index in [1.54, 1.807) is 0 Å². The summed E-state index contributed by atoms with van der Waals surface area (Å²) in [5.41, 5.74) is 5.30. The molecule has 1 unspecified atom stereocenters. The van der Waals surface area contributed by atoms with Crippen LogP contribution in [0, 0.1) is 5.92 Å². The van der Waals surface area contributed by atoms with Gasteiger partial charge in [-0.3, -0.25) is 4.79 Å². The summed E-state index contributed by atoms with van der Waals surface area (Å²) in [6.07, 6.45) is 4.35. The first-order chi connectivity index (χ1) is 7.65. The van der Waals surface area contributed by atoms with Crippen molar-refractivity contribution in [3.8, 4) is 0 Å². The highest BCUT2D eigenvalue weighted by Gasteiger charge is 2.14. The molecule has 0 bridgehead atoms. The Labute approximate surface area is 97.1 Å². The van der Waals surface area contributed by atoms with Crippen LogP contribution in [-0.2, 0) is 4.79 Å². The molecular formula is C11H23N3O2. The maximum Gasteiger partial charge on any atom is 0.223 e. The molecule has 1 amide bonds. The maximum atomic E-state index is 11.7. The second kappa shape index (κ2) is 9.00. The minimum Gasteiger partial charge on any atom is -0.409 e. The Morgan fingerprint density at radius 2 is 2.19 bits per heavy atom. The van der Waals surface area contributed by atoms with E-state index in [-0.39, 0.29) is 17.7 Å². The van der Waals surface area contributed by atoms with Crippen LogP contribution in [0.15, 0.2) is 5.16 Å². The summed E-state index contributed by atoms with van der Waals surface area (Å²) in [5, 5.41) is 14.0. The number of rotatable bonds is 8. The van der Waals surface area contributed by atoms with Crippen molar-refractivity contribution in [1.29, 1.82) is 0 Å². The van der Waals surface area contributed by atoms with Crippen LogP contribution in [0.1, 0.15) is 46.0 Å². The number of amides is 1.